The molecular formula is C16H24Cl2N4O2. The van der Waals surface area contributed by atoms with Crippen LogP contribution in [-0.2, 0) is 18.3 Å². The van der Waals surface area contributed by atoms with Gasteiger partial charge in [0, 0.05) is 24.8 Å². The number of ether oxygens (including phenoxy) is 1. The van der Waals surface area contributed by atoms with Crippen LogP contribution in [0.2, 0.25) is 0 Å². The van der Waals surface area contributed by atoms with E-state index in [2.05, 4.69) is 10.4 Å². The summed E-state index contributed by atoms with van der Waals surface area (Å²) in [5, 5.41) is 7.21. The van der Waals surface area contributed by atoms with E-state index in [1.54, 1.807) is 25.3 Å². The molecule has 0 saturated carbocycles. The second kappa shape index (κ2) is 9.39. The first-order valence-corrected chi connectivity index (χ1v) is 7.14. The van der Waals surface area contributed by atoms with Gasteiger partial charge < -0.3 is 15.8 Å². The molecule has 0 aliphatic heterocycles. The van der Waals surface area contributed by atoms with Crippen LogP contribution < -0.4 is 15.8 Å². The second-order valence-electron chi connectivity index (χ2n) is 5.28. The second-order valence-corrected chi connectivity index (χ2v) is 5.28. The van der Waals surface area contributed by atoms with Crippen LogP contribution in [0.4, 0.5) is 11.4 Å². The number of carbonyl (C=O) groups excluding carboxylic acids is 1. The lowest BCUT2D eigenvalue weighted by Gasteiger charge is -2.09. The first kappa shape index (κ1) is 22.1. The van der Waals surface area contributed by atoms with Crippen molar-refractivity contribution in [1.29, 1.82) is 0 Å². The van der Waals surface area contributed by atoms with Gasteiger partial charge in [-0.25, -0.2) is 0 Å². The van der Waals surface area contributed by atoms with Gasteiger partial charge in [0.2, 0.25) is 5.91 Å². The van der Waals surface area contributed by atoms with E-state index in [1.165, 1.54) is 0 Å². The number of methoxy groups -OCH3 is 1. The quantitative estimate of drug-likeness (QED) is 0.787. The van der Waals surface area contributed by atoms with Gasteiger partial charge in [-0.3, -0.25) is 9.48 Å². The summed E-state index contributed by atoms with van der Waals surface area (Å²) < 4.78 is 6.93. The number of aryl methyl sites for hydroxylation is 2. The van der Waals surface area contributed by atoms with Crippen LogP contribution in [0.15, 0.2) is 18.2 Å². The Kier molecular flexibility index (Phi) is 8.64. The molecule has 0 bridgehead atoms. The lowest BCUT2D eigenvalue weighted by atomic mass is 10.1. The van der Waals surface area contributed by atoms with Crippen molar-refractivity contribution in [3.63, 3.8) is 0 Å². The molecule has 0 fully saturated rings. The number of aromatic nitrogens is 2. The zero-order chi connectivity index (χ0) is 16.3. The van der Waals surface area contributed by atoms with Gasteiger partial charge in [-0.2, -0.15) is 5.10 Å². The molecule has 6 nitrogen and oxygen atoms in total. The van der Waals surface area contributed by atoms with Gasteiger partial charge in [-0.1, -0.05) is 0 Å². The summed E-state index contributed by atoms with van der Waals surface area (Å²) in [6.07, 6.45) is 1.07. The first-order valence-electron chi connectivity index (χ1n) is 7.14. The van der Waals surface area contributed by atoms with Gasteiger partial charge in [-0.05, 0) is 44.0 Å². The molecule has 0 unspecified atom stereocenters. The monoisotopic (exact) mass is 374 g/mol. The zero-order valence-corrected chi connectivity index (χ0v) is 15.9. The van der Waals surface area contributed by atoms with E-state index in [9.17, 15) is 4.79 Å². The molecule has 0 aliphatic rings. The summed E-state index contributed by atoms with van der Waals surface area (Å²) >= 11 is 0. The highest BCUT2D eigenvalue weighted by Crippen LogP contribution is 2.24. The Bertz CT molecular complexity index is 702. The van der Waals surface area contributed by atoms with Crippen LogP contribution in [0.1, 0.15) is 23.4 Å². The Labute approximate surface area is 154 Å². The number of halogens is 2. The topological polar surface area (TPSA) is 82.2 Å². The summed E-state index contributed by atoms with van der Waals surface area (Å²) in [6.45, 7) is 3.97. The molecular weight excluding hydrogens is 351 g/mol. The Morgan fingerprint density at radius 1 is 1.33 bits per heavy atom. The number of nitrogens with one attached hydrogen (secondary N) is 1. The molecule has 0 aliphatic carbocycles. The molecule has 0 atom stereocenters. The predicted octanol–water partition coefficient (Wildman–Crippen LogP) is 3.04. The number of anilines is 2. The van der Waals surface area contributed by atoms with E-state index >= 15 is 0 Å². The van der Waals surface area contributed by atoms with E-state index in [0.29, 0.717) is 30.0 Å². The van der Waals surface area contributed by atoms with E-state index in [0.717, 1.165) is 17.0 Å². The maximum Gasteiger partial charge on any atom is 0.224 e. The van der Waals surface area contributed by atoms with E-state index < -0.39 is 0 Å². The van der Waals surface area contributed by atoms with Gasteiger partial charge in [0.05, 0.1) is 18.5 Å². The minimum atomic E-state index is -0.0489. The fourth-order valence-electron chi connectivity index (χ4n) is 2.45. The maximum atomic E-state index is 12.1. The fraction of sp³-hybridized carbons (Fsp3) is 0.375. The molecule has 2 aromatic rings. The lowest BCUT2D eigenvalue weighted by molar-refractivity contribution is -0.116. The van der Waals surface area contributed by atoms with Crippen molar-refractivity contribution in [2.45, 2.75) is 26.7 Å². The Hall–Kier alpha value is -1.92. The molecule has 1 aromatic heterocycles. The third-order valence-electron chi connectivity index (χ3n) is 3.77. The summed E-state index contributed by atoms with van der Waals surface area (Å²) in [7, 11) is 3.47. The van der Waals surface area contributed by atoms with Crippen molar-refractivity contribution in [2.75, 3.05) is 18.2 Å². The molecule has 3 N–H and O–H groups in total. The number of amides is 1. The van der Waals surface area contributed by atoms with E-state index in [-0.39, 0.29) is 30.7 Å². The highest BCUT2D eigenvalue weighted by molar-refractivity contribution is 5.91. The Balaban J connectivity index is 0.00000264. The first-order chi connectivity index (χ1) is 10.4. The summed E-state index contributed by atoms with van der Waals surface area (Å²) in [6, 6.07) is 5.20. The van der Waals surface area contributed by atoms with Crippen LogP contribution in [0.5, 0.6) is 5.75 Å². The van der Waals surface area contributed by atoms with Crippen molar-refractivity contribution < 1.29 is 9.53 Å². The molecule has 2 rings (SSSR count). The van der Waals surface area contributed by atoms with Gasteiger partial charge in [0.15, 0.2) is 0 Å². The van der Waals surface area contributed by atoms with E-state index in [4.69, 9.17) is 10.5 Å². The van der Waals surface area contributed by atoms with Gasteiger partial charge in [-0.15, -0.1) is 24.8 Å². The third-order valence-corrected chi connectivity index (χ3v) is 3.77. The molecule has 8 heteroatoms. The molecule has 0 saturated heterocycles. The predicted molar refractivity (Wildman–Crippen MR) is 102 cm³/mol. The van der Waals surface area contributed by atoms with Crippen LogP contribution in [0.25, 0.3) is 0 Å². The number of nitrogens with zero attached hydrogens (tertiary/aromatic N) is 2. The minimum Gasteiger partial charge on any atom is -0.495 e. The number of nitrogen functional groups attached to an aromatic ring is 1. The molecule has 1 amide bonds. The third kappa shape index (κ3) is 5.04. The van der Waals surface area contributed by atoms with Gasteiger partial charge in [0.25, 0.3) is 0 Å². The maximum absolute atomic E-state index is 12.1. The summed E-state index contributed by atoms with van der Waals surface area (Å²) in [4.78, 5) is 12.1. The summed E-state index contributed by atoms with van der Waals surface area (Å²) in [5.41, 5.74) is 10.2. The van der Waals surface area contributed by atoms with Crippen molar-refractivity contribution in [1.82, 2.24) is 9.78 Å². The van der Waals surface area contributed by atoms with Crippen molar-refractivity contribution in [2.24, 2.45) is 7.05 Å². The van der Waals surface area contributed by atoms with Crippen molar-refractivity contribution in [3.8, 4) is 5.75 Å². The molecule has 0 spiro atoms. The molecule has 24 heavy (non-hydrogen) atoms. The standard InChI is InChI=1S/C16H22N4O2.2ClH/c1-10-13(11(2)20(3)19-10)6-8-16(21)18-12-5-7-15(22-4)14(17)9-12;;/h5,7,9H,6,8,17H2,1-4H3,(H,18,21);2*1H. The van der Waals surface area contributed by atoms with Crippen molar-refractivity contribution >= 4 is 42.1 Å². The normalized spacial score (nSPS) is 9.67. The largest absolute Gasteiger partial charge is 0.495 e. The van der Waals surface area contributed by atoms with E-state index in [1.807, 2.05) is 25.6 Å². The van der Waals surface area contributed by atoms with Crippen LogP contribution >= 0.6 is 24.8 Å². The Morgan fingerprint density at radius 3 is 2.50 bits per heavy atom. The fourth-order valence-corrected chi connectivity index (χ4v) is 2.45. The van der Waals surface area contributed by atoms with Crippen LogP contribution in [-0.4, -0.2) is 22.8 Å². The molecule has 0 radical (unpaired) electrons. The number of hydrogen-bond donors (Lipinski definition) is 2. The smallest absolute Gasteiger partial charge is 0.224 e. The number of benzene rings is 1. The zero-order valence-electron chi connectivity index (χ0n) is 14.3. The minimum absolute atomic E-state index is 0. The average Bonchev–Trinajstić information content (AvgIpc) is 2.70. The summed E-state index contributed by atoms with van der Waals surface area (Å²) in [5.74, 6) is 0.548. The number of carbonyl (C=O) groups is 1. The number of hydrogen-bond acceptors (Lipinski definition) is 4. The lowest BCUT2D eigenvalue weighted by Crippen LogP contribution is -2.13. The molecule has 1 heterocycles. The van der Waals surface area contributed by atoms with Crippen LogP contribution in [0.3, 0.4) is 0 Å². The average molecular weight is 375 g/mol. The van der Waals surface area contributed by atoms with Gasteiger partial charge >= 0.3 is 0 Å². The Morgan fingerprint density at radius 2 is 2.00 bits per heavy atom. The number of nitrogens with two attached hydrogens (primary N) is 1. The van der Waals surface area contributed by atoms with Crippen molar-refractivity contribution in [3.05, 3.63) is 35.2 Å². The SMILES string of the molecule is COc1ccc(NC(=O)CCc2c(C)nn(C)c2C)cc1N.Cl.Cl. The van der Waals surface area contributed by atoms with Crippen LogP contribution in [0, 0.1) is 13.8 Å². The molecule has 134 valence electrons. The molecule has 1 aromatic carbocycles. The highest BCUT2D eigenvalue weighted by Gasteiger charge is 2.12. The van der Waals surface area contributed by atoms with Gasteiger partial charge in [0.1, 0.15) is 5.75 Å². The number of rotatable bonds is 5. The highest BCUT2D eigenvalue weighted by atomic mass is 35.5.